The monoisotopic (exact) mass is 396 g/mol. The van der Waals surface area contributed by atoms with Crippen molar-refractivity contribution in [3.05, 3.63) is 54.4 Å². The van der Waals surface area contributed by atoms with Crippen molar-refractivity contribution in [2.75, 3.05) is 12.3 Å². The van der Waals surface area contributed by atoms with Gasteiger partial charge in [0.1, 0.15) is 0 Å². The molecule has 9 heteroatoms. The van der Waals surface area contributed by atoms with E-state index in [9.17, 15) is 9.59 Å². The Kier molecular flexibility index (Phi) is 6.38. The average Bonchev–Trinajstić information content (AvgIpc) is 3.11. The number of thioether (sulfide) groups is 1. The van der Waals surface area contributed by atoms with Crippen molar-refractivity contribution in [3.8, 4) is 17.1 Å². The van der Waals surface area contributed by atoms with Gasteiger partial charge in [-0.1, -0.05) is 30.0 Å². The lowest BCUT2D eigenvalue weighted by Gasteiger charge is -2.12. The zero-order chi connectivity index (χ0) is 19.9. The number of carbonyl (C=O) groups is 2. The number of urea groups is 1. The number of aromatic nitrogens is 4. The van der Waals surface area contributed by atoms with E-state index in [-0.39, 0.29) is 5.75 Å². The van der Waals surface area contributed by atoms with Crippen molar-refractivity contribution in [1.82, 2.24) is 30.4 Å². The van der Waals surface area contributed by atoms with E-state index in [0.717, 1.165) is 16.8 Å². The molecule has 1 aromatic carbocycles. The third-order valence-electron chi connectivity index (χ3n) is 3.83. The second kappa shape index (κ2) is 9.14. The van der Waals surface area contributed by atoms with Gasteiger partial charge in [0, 0.05) is 24.5 Å². The van der Waals surface area contributed by atoms with Gasteiger partial charge >= 0.3 is 6.03 Å². The first-order valence-corrected chi connectivity index (χ1v) is 9.71. The Labute approximate surface area is 166 Å². The summed E-state index contributed by atoms with van der Waals surface area (Å²) in [5.41, 5.74) is 2.77. The lowest BCUT2D eigenvalue weighted by molar-refractivity contribution is -0.117. The number of nitrogens with zero attached hydrogens (tertiary/aromatic N) is 4. The number of benzene rings is 1. The van der Waals surface area contributed by atoms with Crippen molar-refractivity contribution < 1.29 is 9.59 Å². The molecule has 3 rings (SSSR count). The normalized spacial score (nSPS) is 10.5. The molecule has 2 heterocycles. The number of pyridine rings is 1. The third-order valence-corrected chi connectivity index (χ3v) is 4.76. The van der Waals surface area contributed by atoms with Crippen LogP contribution in [0.15, 0.2) is 53.9 Å². The maximum atomic E-state index is 12.0. The van der Waals surface area contributed by atoms with Crippen LogP contribution in [-0.4, -0.2) is 44.0 Å². The average molecular weight is 396 g/mol. The minimum atomic E-state index is -0.510. The van der Waals surface area contributed by atoms with E-state index in [1.165, 1.54) is 11.8 Å². The summed E-state index contributed by atoms with van der Waals surface area (Å²) in [4.78, 5) is 27.7. The van der Waals surface area contributed by atoms with Crippen LogP contribution in [0.5, 0.6) is 0 Å². The molecule has 0 radical (unpaired) electrons. The number of hydrogen-bond acceptors (Lipinski definition) is 6. The first kappa shape index (κ1) is 19.6. The fourth-order valence-corrected chi connectivity index (χ4v) is 3.32. The molecule has 0 atom stereocenters. The van der Waals surface area contributed by atoms with Crippen LogP contribution in [0.1, 0.15) is 12.5 Å². The van der Waals surface area contributed by atoms with Crippen molar-refractivity contribution in [2.24, 2.45) is 0 Å². The fourth-order valence-electron chi connectivity index (χ4n) is 2.57. The van der Waals surface area contributed by atoms with Crippen LogP contribution in [0.3, 0.4) is 0 Å². The van der Waals surface area contributed by atoms with Gasteiger partial charge in [0.25, 0.3) is 0 Å². The predicted octanol–water partition coefficient (Wildman–Crippen LogP) is 2.58. The van der Waals surface area contributed by atoms with Gasteiger partial charge in [-0.2, -0.15) is 0 Å². The molecule has 0 spiro atoms. The smallest absolute Gasteiger partial charge is 0.321 e. The highest BCUT2D eigenvalue weighted by Gasteiger charge is 2.19. The Morgan fingerprint density at radius 1 is 1.14 bits per heavy atom. The van der Waals surface area contributed by atoms with Crippen LogP contribution < -0.4 is 10.6 Å². The minimum Gasteiger partial charge on any atom is -0.338 e. The summed E-state index contributed by atoms with van der Waals surface area (Å²) in [6.45, 7) is 4.23. The van der Waals surface area contributed by atoms with Crippen molar-refractivity contribution in [1.29, 1.82) is 0 Å². The summed E-state index contributed by atoms with van der Waals surface area (Å²) in [5, 5.41) is 13.9. The standard InChI is InChI=1S/C19H20N6O2S/c1-3-21-18(27)22-16(26)12-28-19-24-23-17(14-8-6-10-20-11-14)25(19)15-9-5-4-7-13(15)2/h4-11H,3,12H2,1-2H3,(H2,21,22,26,27). The number of rotatable bonds is 6. The SMILES string of the molecule is CCNC(=O)NC(=O)CSc1nnc(-c2cccnc2)n1-c1ccccc1C. The van der Waals surface area contributed by atoms with Gasteiger partial charge in [-0.3, -0.25) is 19.7 Å². The minimum absolute atomic E-state index is 0.0359. The highest BCUT2D eigenvalue weighted by Crippen LogP contribution is 2.28. The molecule has 0 bridgehead atoms. The molecule has 2 aromatic heterocycles. The molecule has 2 N–H and O–H groups in total. The number of hydrogen-bond donors (Lipinski definition) is 2. The summed E-state index contributed by atoms with van der Waals surface area (Å²) in [6.07, 6.45) is 3.41. The summed E-state index contributed by atoms with van der Waals surface area (Å²) >= 11 is 1.21. The second-order valence-electron chi connectivity index (χ2n) is 5.87. The molecule has 3 amide bonds. The number of imide groups is 1. The van der Waals surface area contributed by atoms with Gasteiger partial charge in [0.2, 0.25) is 5.91 Å². The lowest BCUT2D eigenvalue weighted by atomic mass is 10.2. The summed E-state index contributed by atoms with van der Waals surface area (Å²) in [5.74, 6) is 0.265. The third kappa shape index (κ3) is 4.55. The van der Waals surface area contributed by atoms with Crippen LogP contribution in [0.4, 0.5) is 4.79 Å². The maximum Gasteiger partial charge on any atom is 0.321 e. The van der Waals surface area contributed by atoms with Crippen LogP contribution >= 0.6 is 11.8 Å². The first-order valence-electron chi connectivity index (χ1n) is 8.72. The van der Waals surface area contributed by atoms with Gasteiger partial charge in [-0.15, -0.1) is 10.2 Å². The molecule has 0 aliphatic rings. The molecule has 0 unspecified atom stereocenters. The number of nitrogens with one attached hydrogen (secondary N) is 2. The van der Waals surface area contributed by atoms with Crippen molar-refractivity contribution in [2.45, 2.75) is 19.0 Å². The van der Waals surface area contributed by atoms with Gasteiger partial charge in [-0.25, -0.2) is 4.79 Å². The van der Waals surface area contributed by atoms with E-state index >= 15 is 0 Å². The molecule has 0 saturated heterocycles. The Morgan fingerprint density at radius 3 is 2.68 bits per heavy atom. The van der Waals surface area contributed by atoms with Gasteiger partial charge in [0.05, 0.1) is 11.4 Å². The van der Waals surface area contributed by atoms with E-state index < -0.39 is 11.9 Å². The Hall–Kier alpha value is -3.20. The summed E-state index contributed by atoms with van der Waals surface area (Å²) < 4.78 is 1.90. The second-order valence-corrected chi connectivity index (χ2v) is 6.81. The highest BCUT2D eigenvalue weighted by molar-refractivity contribution is 7.99. The van der Waals surface area contributed by atoms with Crippen LogP contribution in [0.2, 0.25) is 0 Å². The van der Waals surface area contributed by atoms with E-state index in [2.05, 4.69) is 25.8 Å². The zero-order valence-electron chi connectivity index (χ0n) is 15.5. The molecule has 0 aliphatic heterocycles. The molecular weight excluding hydrogens is 376 g/mol. The number of aryl methyl sites for hydroxylation is 1. The quantitative estimate of drug-likeness (QED) is 0.621. The maximum absolute atomic E-state index is 12.0. The molecule has 0 aliphatic carbocycles. The van der Waals surface area contributed by atoms with E-state index in [1.807, 2.05) is 47.9 Å². The van der Waals surface area contributed by atoms with Gasteiger partial charge < -0.3 is 5.32 Å². The van der Waals surface area contributed by atoms with Gasteiger partial charge in [-0.05, 0) is 37.6 Å². The molecule has 3 aromatic rings. The van der Waals surface area contributed by atoms with Crippen LogP contribution in [0.25, 0.3) is 17.1 Å². The highest BCUT2D eigenvalue weighted by atomic mass is 32.2. The largest absolute Gasteiger partial charge is 0.338 e. The van der Waals surface area contributed by atoms with E-state index in [4.69, 9.17) is 0 Å². The molecule has 144 valence electrons. The number of para-hydroxylation sites is 1. The Bertz CT molecular complexity index is 974. The zero-order valence-corrected chi connectivity index (χ0v) is 16.4. The topological polar surface area (TPSA) is 102 Å². The van der Waals surface area contributed by atoms with E-state index in [1.54, 1.807) is 19.3 Å². The molecule has 0 saturated carbocycles. The fraction of sp³-hybridized carbons (Fsp3) is 0.211. The number of amides is 3. The molecule has 8 nitrogen and oxygen atoms in total. The van der Waals surface area contributed by atoms with Crippen molar-refractivity contribution in [3.63, 3.8) is 0 Å². The first-order chi connectivity index (χ1) is 13.6. The predicted molar refractivity (Wildman–Crippen MR) is 107 cm³/mol. The lowest BCUT2D eigenvalue weighted by Crippen LogP contribution is -2.40. The van der Waals surface area contributed by atoms with Crippen LogP contribution in [-0.2, 0) is 4.79 Å². The van der Waals surface area contributed by atoms with Crippen molar-refractivity contribution >= 4 is 23.7 Å². The Morgan fingerprint density at radius 2 is 1.96 bits per heavy atom. The molecule has 28 heavy (non-hydrogen) atoms. The number of carbonyl (C=O) groups excluding carboxylic acids is 2. The molecule has 0 fully saturated rings. The summed E-state index contributed by atoms with van der Waals surface area (Å²) in [6, 6.07) is 11.1. The van der Waals surface area contributed by atoms with Gasteiger partial charge in [0.15, 0.2) is 11.0 Å². The summed E-state index contributed by atoms with van der Waals surface area (Å²) in [7, 11) is 0. The van der Waals surface area contributed by atoms with Crippen LogP contribution in [0, 0.1) is 6.92 Å². The molecular formula is C19H20N6O2S. The Balaban J connectivity index is 1.90. The van der Waals surface area contributed by atoms with E-state index in [0.29, 0.717) is 17.5 Å².